The molecular formula is C22H26FN3O3S. The van der Waals surface area contributed by atoms with E-state index in [9.17, 15) is 14.7 Å². The van der Waals surface area contributed by atoms with Crippen LogP contribution < -0.4 is 17.0 Å². The van der Waals surface area contributed by atoms with Crippen molar-refractivity contribution in [1.82, 2.24) is 9.97 Å². The third-order valence-electron chi connectivity index (χ3n) is 6.93. The molecule has 0 saturated heterocycles. The van der Waals surface area contributed by atoms with Crippen LogP contribution in [0.3, 0.4) is 0 Å². The third-order valence-corrected chi connectivity index (χ3v) is 8.22. The molecule has 6 nitrogen and oxygen atoms in total. The second kappa shape index (κ2) is 7.28. The van der Waals surface area contributed by atoms with Gasteiger partial charge in [-0.15, -0.1) is 11.3 Å². The van der Waals surface area contributed by atoms with E-state index in [1.807, 2.05) is 6.92 Å². The van der Waals surface area contributed by atoms with Crippen molar-refractivity contribution in [1.29, 1.82) is 0 Å². The lowest BCUT2D eigenvalue weighted by atomic mass is 9.76. The fourth-order valence-corrected chi connectivity index (χ4v) is 6.74. The standard InChI is InChI=1S/C22H26FN3O3S/c1-9-16(15-7-12-11(13(24)8-27)3-2-4-14(12)30-15)19(23)17(10-5-6-10)18-20(9)25-22(29)26-21(18)28/h7,9-11,13,16,27H,2-6,8,24H2,1H3,(H2,25,26,28,29). The molecule has 3 aliphatic rings. The summed E-state index contributed by atoms with van der Waals surface area (Å²) in [5, 5.41) is 9.56. The first-order chi connectivity index (χ1) is 14.4. The summed E-state index contributed by atoms with van der Waals surface area (Å²) in [6.07, 6.45) is 4.57. The maximum absolute atomic E-state index is 16.0. The number of nitrogens with one attached hydrogen (secondary N) is 2. The Morgan fingerprint density at radius 1 is 1.30 bits per heavy atom. The molecule has 8 heteroatoms. The van der Waals surface area contributed by atoms with E-state index in [1.54, 1.807) is 11.3 Å². The van der Waals surface area contributed by atoms with Crippen molar-refractivity contribution in [2.75, 3.05) is 6.61 Å². The number of aromatic amines is 2. The molecule has 0 bridgehead atoms. The highest BCUT2D eigenvalue weighted by atomic mass is 32.1. The van der Waals surface area contributed by atoms with Gasteiger partial charge in [-0.1, -0.05) is 6.92 Å². The van der Waals surface area contributed by atoms with Gasteiger partial charge in [-0.2, -0.15) is 0 Å². The molecule has 5 N–H and O–H groups in total. The molecule has 5 rings (SSSR count). The Morgan fingerprint density at radius 3 is 2.77 bits per heavy atom. The number of allylic oxidation sites excluding steroid dienone is 2. The lowest BCUT2D eigenvalue weighted by Crippen LogP contribution is -2.33. The zero-order valence-electron chi connectivity index (χ0n) is 16.8. The summed E-state index contributed by atoms with van der Waals surface area (Å²) >= 11 is 1.61. The highest BCUT2D eigenvalue weighted by Gasteiger charge is 2.43. The summed E-state index contributed by atoms with van der Waals surface area (Å²) in [6.45, 7) is 1.80. The Hall–Kier alpha value is -2.03. The van der Waals surface area contributed by atoms with Crippen molar-refractivity contribution in [2.24, 2.45) is 11.7 Å². The number of rotatable bonds is 4. The number of fused-ring (bicyclic) bond motifs is 2. The minimum atomic E-state index is -0.554. The van der Waals surface area contributed by atoms with Gasteiger partial charge in [0.1, 0.15) is 5.83 Å². The van der Waals surface area contributed by atoms with Gasteiger partial charge in [0, 0.05) is 38.9 Å². The molecule has 4 unspecified atom stereocenters. The first-order valence-corrected chi connectivity index (χ1v) is 11.5. The fraction of sp³-hybridized carbons (Fsp3) is 0.545. The van der Waals surface area contributed by atoms with Crippen LogP contribution in [-0.2, 0) is 6.42 Å². The van der Waals surface area contributed by atoms with Crippen molar-refractivity contribution in [3.05, 3.63) is 59.3 Å². The van der Waals surface area contributed by atoms with Crippen LogP contribution in [0.15, 0.2) is 21.5 Å². The number of halogens is 1. The first-order valence-electron chi connectivity index (χ1n) is 10.7. The number of aromatic nitrogens is 2. The molecule has 0 amide bonds. The van der Waals surface area contributed by atoms with E-state index in [1.165, 1.54) is 4.88 Å². The van der Waals surface area contributed by atoms with Crippen LogP contribution in [-0.4, -0.2) is 27.7 Å². The van der Waals surface area contributed by atoms with Crippen molar-refractivity contribution in [3.63, 3.8) is 0 Å². The zero-order valence-corrected chi connectivity index (χ0v) is 17.7. The maximum Gasteiger partial charge on any atom is 0.325 e. The average Bonchev–Trinajstić information content (AvgIpc) is 3.46. The minimum absolute atomic E-state index is 0.0379. The summed E-state index contributed by atoms with van der Waals surface area (Å²) in [7, 11) is 0. The summed E-state index contributed by atoms with van der Waals surface area (Å²) < 4.78 is 16.0. The molecular weight excluding hydrogens is 405 g/mol. The molecule has 2 aromatic rings. The Kier molecular flexibility index (Phi) is 4.83. The van der Waals surface area contributed by atoms with Gasteiger partial charge < -0.3 is 15.8 Å². The molecule has 30 heavy (non-hydrogen) atoms. The fourth-order valence-electron chi connectivity index (χ4n) is 5.27. The molecule has 3 aliphatic carbocycles. The Morgan fingerprint density at radius 2 is 2.07 bits per heavy atom. The number of aliphatic hydroxyl groups is 1. The van der Waals surface area contributed by atoms with Crippen molar-refractivity contribution in [2.45, 2.75) is 62.8 Å². The highest BCUT2D eigenvalue weighted by Crippen LogP contribution is 2.55. The molecule has 0 aliphatic heterocycles. The minimum Gasteiger partial charge on any atom is -0.395 e. The van der Waals surface area contributed by atoms with Gasteiger partial charge in [-0.3, -0.25) is 9.78 Å². The van der Waals surface area contributed by atoms with Crippen LogP contribution in [0, 0.1) is 5.92 Å². The summed E-state index contributed by atoms with van der Waals surface area (Å²) in [4.78, 5) is 31.7. The molecule has 0 radical (unpaired) electrons. The van der Waals surface area contributed by atoms with E-state index in [-0.39, 0.29) is 36.2 Å². The number of nitrogens with two attached hydrogens (primary N) is 1. The quantitative estimate of drug-likeness (QED) is 0.596. The third kappa shape index (κ3) is 3.04. The highest BCUT2D eigenvalue weighted by molar-refractivity contribution is 7.12. The van der Waals surface area contributed by atoms with Crippen molar-refractivity contribution >= 4 is 16.9 Å². The Balaban J connectivity index is 1.65. The number of aliphatic hydroxyl groups excluding tert-OH is 1. The van der Waals surface area contributed by atoms with Gasteiger partial charge >= 0.3 is 5.69 Å². The number of H-pyrrole nitrogens is 2. The molecule has 0 spiro atoms. The lowest BCUT2D eigenvalue weighted by Gasteiger charge is -2.30. The van der Waals surface area contributed by atoms with Gasteiger partial charge in [-0.25, -0.2) is 9.18 Å². The largest absolute Gasteiger partial charge is 0.395 e. The smallest absolute Gasteiger partial charge is 0.325 e. The zero-order chi connectivity index (χ0) is 21.2. The molecule has 4 atom stereocenters. The van der Waals surface area contributed by atoms with Gasteiger partial charge in [0.25, 0.3) is 5.56 Å². The van der Waals surface area contributed by atoms with Crippen LogP contribution in [0.4, 0.5) is 4.39 Å². The Labute approximate surface area is 177 Å². The van der Waals surface area contributed by atoms with E-state index in [0.717, 1.165) is 42.5 Å². The Bertz CT molecular complexity index is 1140. The van der Waals surface area contributed by atoms with Gasteiger partial charge in [-0.05, 0) is 49.7 Å². The number of thiophene rings is 1. The van der Waals surface area contributed by atoms with Gasteiger partial charge in [0.05, 0.1) is 18.1 Å². The second-order valence-corrected chi connectivity index (χ2v) is 10.0. The predicted octanol–water partition coefficient (Wildman–Crippen LogP) is 2.86. The first kappa shape index (κ1) is 19.9. The monoisotopic (exact) mass is 431 g/mol. The summed E-state index contributed by atoms with van der Waals surface area (Å²) in [5.41, 5.74) is 7.56. The van der Waals surface area contributed by atoms with Crippen LogP contribution in [0.1, 0.15) is 76.9 Å². The summed E-state index contributed by atoms with van der Waals surface area (Å²) in [6, 6.07) is 1.73. The topological polar surface area (TPSA) is 112 Å². The molecule has 1 saturated carbocycles. The summed E-state index contributed by atoms with van der Waals surface area (Å²) in [5.74, 6) is -1.00. The second-order valence-electron chi connectivity index (χ2n) is 8.87. The maximum atomic E-state index is 16.0. The van der Waals surface area contributed by atoms with Crippen LogP contribution in [0.5, 0.6) is 0 Å². The molecule has 2 heterocycles. The van der Waals surface area contributed by atoms with Crippen LogP contribution >= 0.6 is 11.3 Å². The van der Waals surface area contributed by atoms with Crippen molar-refractivity contribution < 1.29 is 9.50 Å². The molecule has 160 valence electrons. The molecule has 1 fully saturated rings. The molecule has 0 aromatic carbocycles. The van der Waals surface area contributed by atoms with Crippen LogP contribution in [0.2, 0.25) is 0 Å². The normalized spacial score (nSPS) is 27.0. The van der Waals surface area contributed by atoms with E-state index in [0.29, 0.717) is 16.8 Å². The van der Waals surface area contributed by atoms with Gasteiger partial charge in [0.2, 0.25) is 0 Å². The average molecular weight is 432 g/mol. The predicted molar refractivity (Wildman–Crippen MR) is 115 cm³/mol. The number of aryl methyl sites for hydroxylation is 1. The van der Waals surface area contributed by atoms with E-state index >= 15 is 4.39 Å². The van der Waals surface area contributed by atoms with Crippen molar-refractivity contribution in [3.8, 4) is 0 Å². The lowest BCUT2D eigenvalue weighted by molar-refractivity contribution is 0.242. The van der Waals surface area contributed by atoms with E-state index in [2.05, 4.69) is 16.0 Å². The van der Waals surface area contributed by atoms with E-state index in [4.69, 9.17) is 5.73 Å². The van der Waals surface area contributed by atoms with Crippen LogP contribution in [0.25, 0.3) is 5.57 Å². The van der Waals surface area contributed by atoms with E-state index < -0.39 is 17.2 Å². The SMILES string of the molecule is CC1c2[nH]c(=O)[nH]c(=O)c2C(C2CC2)=C(F)C1c1cc2c(s1)CCCC2C(N)CO. The van der Waals surface area contributed by atoms with Gasteiger partial charge in [0.15, 0.2) is 0 Å². The number of hydrogen-bond acceptors (Lipinski definition) is 5. The molecule has 2 aromatic heterocycles. The number of hydrogen-bond donors (Lipinski definition) is 4.